The summed E-state index contributed by atoms with van der Waals surface area (Å²) < 4.78 is 6.20. The molecule has 7 heteroatoms. The molecule has 1 heterocycles. The van der Waals surface area contributed by atoms with E-state index in [1.165, 1.54) is 11.3 Å². The maximum absolute atomic E-state index is 11.8. The van der Waals surface area contributed by atoms with Gasteiger partial charge in [-0.2, -0.15) is 0 Å². The number of halogens is 2. The first kappa shape index (κ1) is 29.0. The van der Waals surface area contributed by atoms with E-state index >= 15 is 0 Å². The van der Waals surface area contributed by atoms with Crippen molar-refractivity contribution in [3.8, 4) is 0 Å². The van der Waals surface area contributed by atoms with Crippen LogP contribution in [-0.2, 0) is 14.3 Å². The van der Waals surface area contributed by atoms with Gasteiger partial charge in [0.2, 0.25) is 0 Å². The minimum atomic E-state index is -0.461. The molecule has 0 aromatic heterocycles. The third-order valence-corrected chi connectivity index (χ3v) is 5.84. The summed E-state index contributed by atoms with van der Waals surface area (Å²) in [7, 11) is 0. The van der Waals surface area contributed by atoms with Gasteiger partial charge in [-0.15, -0.1) is 0 Å². The quantitative estimate of drug-likeness (QED) is 0.441. The van der Waals surface area contributed by atoms with Crippen molar-refractivity contribution in [1.29, 1.82) is 0 Å². The van der Waals surface area contributed by atoms with Crippen LogP contribution in [0.5, 0.6) is 0 Å². The predicted octanol–water partition coefficient (Wildman–Crippen LogP) is 5.39. The van der Waals surface area contributed by atoms with Gasteiger partial charge in [-0.05, 0) is 71.4 Å². The van der Waals surface area contributed by atoms with Crippen molar-refractivity contribution < 1.29 is 19.4 Å². The molecule has 0 spiro atoms. The van der Waals surface area contributed by atoms with E-state index < -0.39 is 11.7 Å². The van der Waals surface area contributed by atoms with Gasteiger partial charge in [0.25, 0.3) is 11.8 Å². The van der Waals surface area contributed by atoms with Crippen molar-refractivity contribution in [2.75, 3.05) is 13.2 Å². The lowest BCUT2D eigenvalue weighted by atomic mass is 10.0. The zero-order chi connectivity index (χ0) is 21.8. The lowest BCUT2D eigenvalue weighted by molar-refractivity contribution is -0.138. The van der Waals surface area contributed by atoms with Crippen molar-refractivity contribution in [1.82, 2.24) is 4.90 Å². The van der Waals surface area contributed by atoms with Crippen molar-refractivity contribution in [3.05, 3.63) is 8.96 Å². The summed E-state index contributed by atoms with van der Waals surface area (Å²) in [5.41, 5.74) is -0.461. The summed E-state index contributed by atoms with van der Waals surface area (Å²) >= 11 is 6.18. The van der Waals surface area contributed by atoms with Crippen molar-refractivity contribution >= 4 is 43.7 Å². The molecule has 5 nitrogen and oxygen atoms in total. The summed E-state index contributed by atoms with van der Waals surface area (Å²) in [6.45, 7) is 16.9. The molecular formula is C20H37Br2NO4. The molecule has 0 saturated carbocycles. The van der Waals surface area contributed by atoms with Crippen LogP contribution >= 0.6 is 31.9 Å². The topological polar surface area (TPSA) is 66.8 Å². The van der Waals surface area contributed by atoms with Crippen molar-refractivity contribution in [2.24, 2.45) is 5.92 Å². The number of amides is 2. The minimum Gasteiger partial charge on any atom is -0.393 e. The molecule has 1 atom stereocenters. The van der Waals surface area contributed by atoms with Gasteiger partial charge in [0.05, 0.1) is 11.7 Å². The average Bonchev–Trinajstić information content (AvgIpc) is 2.78. The number of imide groups is 1. The monoisotopic (exact) mass is 513 g/mol. The van der Waals surface area contributed by atoms with E-state index in [-0.39, 0.29) is 20.8 Å². The molecule has 1 aliphatic heterocycles. The van der Waals surface area contributed by atoms with Crippen LogP contribution in [0.3, 0.4) is 0 Å². The SMILES string of the molecule is CC.CC(O)CCOC(C)(C)CCN1C(=O)C(Br)=C(Br)C1=O.CCC(C)C. The van der Waals surface area contributed by atoms with Gasteiger partial charge >= 0.3 is 0 Å². The molecular weight excluding hydrogens is 478 g/mol. The van der Waals surface area contributed by atoms with Gasteiger partial charge in [-0.1, -0.05) is 41.0 Å². The summed E-state index contributed by atoms with van der Waals surface area (Å²) in [5, 5.41) is 9.19. The molecule has 1 rings (SSSR count). The zero-order valence-corrected chi connectivity index (χ0v) is 21.2. The summed E-state index contributed by atoms with van der Waals surface area (Å²) in [6, 6.07) is 0. The number of ether oxygens (including phenoxy) is 1. The molecule has 0 aromatic carbocycles. The van der Waals surface area contributed by atoms with Crippen LogP contribution < -0.4 is 0 Å². The molecule has 0 bridgehead atoms. The summed E-state index contributed by atoms with van der Waals surface area (Å²) in [6.07, 6.45) is 2.00. The van der Waals surface area contributed by atoms with Crippen LogP contribution in [-0.4, -0.2) is 46.7 Å². The fraction of sp³-hybridized carbons (Fsp3) is 0.800. The normalized spacial score (nSPS) is 15.5. The Morgan fingerprint density at radius 2 is 1.48 bits per heavy atom. The van der Waals surface area contributed by atoms with Gasteiger partial charge < -0.3 is 9.84 Å². The molecule has 0 aromatic rings. The molecule has 0 aliphatic carbocycles. The highest BCUT2D eigenvalue weighted by molar-refractivity contribution is 9.14. The number of hydrogen-bond acceptors (Lipinski definition) is 4. The number of carbonyl (C=O) groups is 2. The number of nitrogens with zero attached hydrogens (tertiary/aromatic N) is 1. The van der Waals surface area contributed by atoms with Crippen LogP contribution in [0.25, 0.3) is 0 Å². The lowest BCUT2D eigenvalue weighted by Crippen LogP contribution is -2.37. The first-order valence-corrected chi connectivity index (χ1v) is 11.2. The van der Waals surface area contributed by atoms with Gasteiger partial charge in [-0.25, -0.2) is 0 Å². The lowest BCUT2D eigenvalue weighted by Gasteiger charge is -2.27. The van der Waals surface area contributed by atoms with Gasteiger partial charge in [-0.3, -0.25) is 14.5 Å². The predicted molar refractivity (Wildman–Crippen MR) is 119 cm³/mol. The highest BCUT2D eigenvalue weighted by Gasteiger charge is 2.36. The molecule has 0 fully saturated rings. The Kier molecular flexibility index (Phi) is 15.8. The second kappa shape index (κ2) is 14.7. The van der Waals surface area contributed by atoms with Crippen molar-refractivity contribution in [2.45, 2.75) is 86.4 Å². The smallest absolute Gasteiger partial charge is 0.269 e. The van der Waals surface area contributed by atoms with E-state index in [4.69, 9.17) is 4.74 Å². The second-order valence-electron chi connectivity index (χ2n) is 7.19. The fourth-order valence-corrected chi connectivity index (χ4v) is 2.45. The standard InChI is InChI=1S/C13H19Br2NO4.C5H12.C2H6/c1-8(17)4-7-20-13(2,3)5-6-16-11(18)9(14)10(15)12(16)19;1-4-5(2)3;1-2/h8,17H,4-7H2,1-3H3;5H,4H2,1-3H3;1-2H3. The molecule has 0 radical (unpaired) electrons. The number of hydrogen-bond donors (Lipinski definition) is 1. The van der Waals surface area contributed by atoms with Gasteiger partial charge in [0, 0.05) is 13.2 Å². The van der Waals surface area contributed by atoms with Crippen LogP contribution in [0.2, 0.25) is 0 Å². The van der Waals surface area contributed by atoms with Crippen molar-refractivity contribution in [3.63, 3.8) is 0 Å². The fourth-order valence-electron chi connectivity index (χ4n) is 1.68. The van der Waals surface area contributed by atoms with E-state index in [0.717, 1.165) is 5.92 Å². The Balaban J connectivity index is 0. The maximum Gasteiger partial charge on any atom is 0.269 e. The number of aliphatic hydroxyl groups excluding tert-OH is 1. The van der Waals surface area contributed by atoms with Gasteiger partial charge in [0.1, 0.15) is 8.96 Å². The Morgan fingerprint density at radius 1 is 1.07 bits per heavy atom. The Hall–Kier alpha value is -0.240. The molecule has 2 amide bonds. The van der Waals surface area contributed by atoms with Crippen LogP contribution in [0.1, 0.15) is 74.7 Å². The first-order chi connectivity index (χ1) is 12.4. The Labute approximate surface area is 182 Å². The Morgan fingerprint density at radius 3 is 1.81 bits per heavy atom. The molecule has 1 unspecified atom stereocenters. The largest absolute Gasteiger partial charge is 0.393 e. The number of aliphatic hydroxyl groups is 1. The van der Waals surface area contributed by atoms with Crippen LogP contribution in [0, 0.1) is 5.92 Å². The number of carbonyl (C=O) groups excluding carboxylic acids is 2. The number of rotatable bonds is 8. The first-order valence-electron chi connectivity index (χ1n) is 9.66. The zero-order valence-electron chi connectivity index (χ0n) is 18.1. The third kappa shape index (κ3) is 12.0. The minimum absolute atomic E-state index is 0.260. The van der Waals surface area contributed by atoms with E-state index in [0.29, 0.717) is 26.0 Å². The summed E-state index contributed by atoms with van der Waals surface area (Å²) in [5.74, 6) is 0.221. The summed E-state index contributed by atoms with van der Waals surface area (Å²) in [4.78, 5) is 24.9. The maximum atomic E-state index is 11.8. The molecule has 27 heavy (non-hydrogen) atoms. The molecule has 0 saturated heterocycles. The third-order valence-electron chi connectivity index (χ3n) is 3.84. The average molecular weight is 515 g/mol. The van der Waals surface area contributed by atoms with E-state index in [1.54, 1.807) is 6.92 Å². The van der Waals surface area contributed by atoms with E-state index in [9.17, 15) is 14.7 Å². The molecule has 1 aliphatic rings. The van der Waals surface area contributed by atoms with Gasteiger partial charge in [0.15, 0.2) is 0 Å². The highest BCUT2D eigenvalue weighted by Crippen LogP contribution is 2.30. The van der Waals surface area contributed by atoms with Crippen LogP contribution in [0.4, 0.5) is 0 Å². The van der Waals surface area contributed by atoms with Crippen LogP contribution in [0.15, 0.2) is 8.96 Å². The second-order valence-corrected chi connectivity index (χ2v) is 8.77. The van der Waals surface area contributed by atoms with E-state index in [1.807, 2.05) is 27.7 Å². The van der Waals surface area contributed by atoms with E-state index in [2.05, 4.69) is 52.6 Å². The Bertz CT molecular complexity index is 464. The molecule has 160 valence electrons. The molecule has 1 N–H and O–H groups in total. The highest BCUT2D eigenvalue weighted by atomic mass is 79.9.